The first kappa shape index (κ1) is 46.1. The van der Waals surface area contributed by atoms with Crippen molar-refractivity contribution >= 4 is 56.9 Å². The van der Waals surface area contributed by atoms with Gasteiger partial charge in [0.25, 0.3) is 0 Å². The Bertz CT molecular complexity index is 3140. The highest BCUT2D eigenvalue weighted by atomic mass is 19.1. The average Bonchev–Trinajstić information content (AvgIpc) is 3.37. The fourth-order valence-electron chi connectivity index (χ4n) is 8.43. The maximum absolute atomic E-state index is 14.5. The van der Waals surface area contributed by atoms with E-state index in [0.717, 1.165) is 34.6 Å². The minimum atomic E-state index is -0.495. The van der Waals surface area contributed by atoms with Crippen LogP contribution in [0.1, 0.15) is 18.1 Å². The van der Waals surface area contributed by atoms with Gasteiger partial charge in [-0.05, 0) is 123 Å². The molecule has 2 fully saturated rings. The zero-order chi connectivity index (χ0) is 47.9. The monoisotopic (exact) mass is 928 g/mol. The van der Waals surface area contributed by atoms with Crippen molar-refractivity contribution in [1.29, 1.82) is 0 Å². The van der Waals surface area contributed by atoms with Crippen LogP contribution < -0.4 is 35.8 Å². The van der Waals surface area contributed by atoms with E-state index in [2.05, 4.69) is 41.2 Å². The van der Waals surface area contributed by atoms with E-state index in [1.165, 1.54) is 30.9 Å². The van der Waals surface area contributed by atoms with Crippen LogP contribution in [0.25, 0.3) is 44.6 Å². The Kier molecular flexibility index (Phi) is 13.9. The van der Waals surface area contributed by atoms with E-state index in [9.17, 15) is 18.4 Å². The number of carbonyl (C=O) groups excluding carboxylic acids is 2. The van der Waals surface area contributed by atoms with Gasteiger partial charge < -0.3 is 35.8 Å². The Labute approximate surface area is 397 Å². The minimum Gasteiger partial charge on any atom is -0.491 e. The van der Waals surface area contributed by atoms with Gasteiger partial charge in [-0.15, -0.1) is 0 Å². The van der Waals surface area contributed by atoms with E-state index in [4.69, 9.17) is 14.7 Å². The Balaban J connectivity index is 0.000000172. The summed E-state index contributed by atoms with van der Waals surface area (Å²) in [4.78, 5) is 57.8. The zero-order valence-corrected chi connectivity index (χ0v) is 38.3. The SMILES string of the molecule is CCOc1ccc(-c2ccc3ncnc(N4CCNCC4C(=O)Nc4cccc(C)c4)c3n2)cc1F.Cc1cccc(NC(=O)C2CNCCN2c2ncnc3ccc(-c4ccc(F)cc4)nc23)c1. The fraction of sp³-hybridized carbons (Fsp3) is 0.231. The maximum Gasteiger partial charge on any atom is 0.248 e. The number of rotatable bonds is 10. The number of nitrogens with zero attached hydrogens (tertiary/aromatic N) is 8. The molecule has 69 heavy (non-hydrogen) atoms. The van der Waals surface area contributed by atoms with Crippen LogP contribution in [-0.4, -0.2) is 99.7 Å². The Hall–Kier alpha value is -8.02. The highest BCUT2D eigenvalue weighted by Crippen LogP contribution is 2.31. The van der Waals surface area contributed by atoms with Gasteiger partial charge in [-0.3, -0.25) is 9.59 Å². The second-order valence-corrected chi connectivity index (χ2v) is 16.7. The van der Waals surface area contributed by atoms with Crippen LogP contribution >= 0.6 is 0 Å². The van der Waals surface area contributed by atoms with Crippen LogP contribution in [0.3, 0.4) is 0 Å². The molecular formula is C52H50F2N12O3. The van der Waals surface area contributed by atoms with Crippen molar-refractivity contribution in [2.45, 2.75) is 32.9 Å². The van der Waals surface area contributed by atoms with E-state index in [-0.39, 0.29) is 23.4 Å². The van der Waals surface area contributed by atoms with Crippen molar-refractivity contribution in [3.63, 3.8) is 0 Å². The molecule has 2 amide bonds. The van der Waals surface area contributed by atoms with E-state index in [1.54, 1.807) is 30.3 Å². The van der Waals surface area contributed by atoms with Gasteiger partial charge in [0, 0.05) is 61.8 Å². The molecule has 4 aromatic carbocycles. The number of nitrogens with one attached hydrogen (secondary N) is 4. The van der Waals surface area contributed by atoms with Crippen molar-refractivity contribution < 1.29 is 23.1 Å². The molecule has 2 unspecified atom stereocenters. The van der Waals surface area contributed by atoms with Gasteiger partial charge in [-0.25, -0.2) is 38.7 Å². The topological polar surface area (TPSA) is 175 Å². The summed E-state index contributed by atoms with van der Waals surface area (Å²) in [5, 5.41) is 12.6. The number of piperazine rings is 2. The summed E-state index contributed by atoms with van der Waals surface area (Å²) in [5.41, 5.74) is 8.81. The Morgan fingerprint density at radius 2 is 1.14 bits per heavy atom. The molecule has 0 saturated carbocycles. The number of amides is 2. The zero-order valence-electron chi connectivity index (χ0n) is 38.3. The number of aromatic nitrogens is 6. The van der Waals surface area contributed by atoms with Crippen molar-refractivity contribution in [2.24, 2.45) is 0 Å². The standard InChI is InChI=1S/C27H27FN6O2.C25H23FN6O/c1-3-36-24-10-7-18(14-20(24)28)21-8-9-22-25(33-21)26(31-16-30-22)34-12-11-29-15-23(34)27(35)32-19-6-4-5-17(2)13-19;1-16-3-2-4-19(13-16)30-25(33)22-14-27-11-12-32(22)24-23-21(28-15-29-24)10-9-20(31-23)17-5-7-18(26)8-6-17/h4-10,13-14,16,23,29H,3,11-12,15H2,1-2H3,(H,32,35);2-10,13,15,22,27H,11-12,14H2,1H3,(H,30,33). The predicted octanol–water partition coefficient (Wildman–Crippen LogP) is 7.51. The Morgan fingerprint density at radius 1 is 0.638 bits per heavy atom. The largest absolute Gasteiger partial charge is 0.491 e. The second-order valence-electron chi connectivity index (χ2n) is 16.7. The normalized spacial score (nSPS) is 15.8. The lowest BCUT2D eigenvalue weighted by atomic mass is 10.1. The summed E-state index contributed by atoms with van der Waals surface area (Å²) < 4.78 is 33.2. The van der Waals surface area contributed by atoms with Crippen molar-refractivity contribution in [3.8, 4) is 28.3 Å². The van der Waals surface area contributed by atoms with Crippen molar-refractivity contribution in [3.05, 3.63) is 151 Å². The van der Waals surface area contributed by atoms with Crippen LogP contribution in [0.2, 0.25) is 0 Å². The predicted molar refractivity (Wildman–Crippen MR) is 264 cm³/mol. The summed E-state index contributed by atoms with van der Waals surface area (Å²) in [6, 6.07) is 32.8. The highest BCUT2D eigenvalue weighted by Gasteiger charge is 2.33. The molecule has 4 N–H and O–H groups in total. The molecule has 8 aromatic rings. The molecule has 6 heterocycles. The molecule has 2 saturated heterocycles. The van der Waals surface area contributed by atoms with E-state index >= 15 is 0 Å². The minimum absolute atomic E-state index is 0.116. The lowest BCUT2D eigenvalue weighted by Crippen LogP contribution is -2.57. The third-order valence-corrected chi connectivity index (χ3v) is 11.8. The van der Waals surface area contributed by atoms with Crippen LogP contribution in [-0.2, 0) is 9.59 Å². The number of halogens is 2. The van der Waals surface area contributed by atoms with Gasteiger partial charge in [0.05, 0.1) is 29.0 Å². The lowest BCUT2D eigenvalue weighted by Gasteiger charge is -2.36. The molecule has 2 aliphatic heterocycles. The number of aryl methyl sites for hydroxylation is 2. The number of ether oxygens (including phenoxy) is 1. The van der Waals surface area contributed by atoms with E-state index in [0.29, 0.717) is 90.0 Å². The van der Waals surface area contributed by atoms with Gasteiger partial charge in [-0.2, -0.15) is 0 Å². The number of fused-ring (bicyclic) bond motifs is 2. The van der Waals surface area contributed by atoms with Crippen LogP contribution in [0.15, 0.2) is 128 Å². The first-order valence-corrected chi connectivity index (χ1v) is 22.7. The molecule has 0 radical (unpaired) electrons. The number of anilines is 4. The highest BCUT2D eigenvalue weighted by molar-refractivity contribution is 6.00. The molecule has 350 valence electrons. The molecule has 0 spiro atoms. The number of hydrogen-bond donors (Lipinski definition) is 4. The molecule has 10 rings (SSSR count). The quantitative estimate of drug-likeness (QED) is 0.106. The number of hydrogen-bond acceptors (Lipinski definition) is 13. The van der Waals surface area contributed by atoms with E-state index < -0.39 is 17.9 Å². The molecule has 0 aliphatic carbocycles. The van der Waals surface area contributed by atoms with E-state index in [1.807, 2.05) is 97.3 Å². The van der Waals surface area contributed by atoms with Crippen molar-refractivity contribution in [1.82, 2.24) is 40.5 Å². The van der Waals surface area contributed by atoms with Gasteiger partial charge >= 0.3 is 0 Å². The van der Waals surface area contributed by atoms with Gasteiger partial charge in [0.2, 0.25) is 11.8 Å². The Morgan fingerprint density at radius 3 is 1.64 bits per heavy atom. The lowest BCUT2D eigenvalue weighted by molar-refractivity contribution is -0.118. The summed E-state index contributed by atoms with van der Waals surface area (Å²) >= 11 is 0. The first-order chi connectivity index (χ1) is 33.6. The fourth-order valence-corrected chi connectivity index (χ4v) is 8.43. The summed E-state index contributed by atoms with van der Waals surface area (Å²) in [7, 11) is 0. The summed E-state index contributed by atoms with van der Waals surface area (Å²) in [6.45, 7) is 9.70. The van der Waals surface area contributed by atoms with Crippen molar-refractivity contribution in [2.75, 3.05) is 66.3 Å². The third kappa shape index (κ3) is 10.6. The summed E-state index contributed by atoms with van der Waals surface area (Å²) in [5.74, 6) is 0.379. The first-order valence-electron chi connectivity index (χ1n) is 22.7. The van der Waals surface area contributed by atoms with Crippen LogP contribution in [0, 0.1) is 25.5 Å². The van der Waals surface area contributed by atoms with Gasteiger partial charge in [0.15, 0.2) is 23.2 Å². The molecule has 15 nitrogen and oxygen atoms in total. The van der Waals surface area contributed by atoms with Crippen LogP contribution in [0.4, 0.5) is 31.8 Å². The molecule has 2 aliphatic rings. The van der Waals surface area contributed by atoms with Crippen LogP contribution in [0.5, 0.6) is 5.75 Å². The van der Waals surface area contributed by atoms with Gasteiger partial charge in [-0.1, -0.05) is 24.3 Å². The number of pyridine rings is 2. The molecule has 17 heteroatoms. The third-order valence-electron chi connectivity index (χ3n) is 11.8. The van der Waals surface area contributed by atoms with Gasteiger partial charge in [0.1, 0.15) is 41.6 Å². The molecule has 0 bridgehead atoms. The average molecular weight is 929 g/mol. The molecular weight excluding hydrogens is 879 g/mol. The smallest absolute Gasteiger partial charge is 0.248 e. The number of carbonyl (C=O) groups is 2. The molecule has 2 atom stereocenters. The second kappa shape index (κ2) is 20.9. The maximum atomic E-state index is 14.5. The summed E-state index contributed by atoms with van der Waals surface area (Å²) in [6.07, 6.45) is 2.97. The molecule has 4 aromatic heterocycles. The number of benzene rings is 4.